The van der Waals surface area contributed by atoms with Crippen molar-refractivity contribution in [3.8, 4) is 0 Å². The molecule has 0 amide bonds. The predicted octanol–water partition coefficient (Wildman–Crippen LogP) is 1.09. The van der Waals surface area contributed by atoms with E-state index in [4.69, 9.17) is 16.6 Å². The van der Waals surface area contributed by atoms with Crippen LogP contribution in [0.2, 0.25) is 0 Å². The van der Waals surface area contributed by atoms with Gasteiger partial charge in [0, 0.05) is 0 Å². The van der Waals surface area contributed by atoms with Gasteiger partial charge in [0.25, 0.3) is 0 Å². The maximum absolute atomic E-state index is 10.4. The fourth-order valence-corrected chi connectivity index (χ4v) is 1.34. The fourth-order valence-electron chi connectivity index (χ4n) is 1.34. The molecule has 0 saturated heterocycles. The van der Waals surface area contributed by atoms with Crippen molar-refractivity contribution in [2.45, 2.75) is 51.0 Å². The molecule has 0 aromatic heterocycles. The second-order valence-electron chi connectivity index (χ2n) is 3.64. The Labute approximate surface area is 85.7 Å². The summed E-state index contributed by atoms with van der Waals surface area (Å²) >= 11 is 0. The number of nitrogens with two attached hydrogens (primary N) is 2. The molecule has 5 N–H and O–H groups in total. The van der Waals surface area contributed by atoms with Crippen LogP contribution in [0.15, 0.2) is 0 Å². The summed E-state index contributed by atoms with van der Waals surface area (Å²) < 4.78 is 0. The lowest BCUT2D eigenvalue weighted by atomic mass is 10.1. The molecule has 0 aromatic rings. The lowest BCUT2D eigenvalue weighted by Gasteiger charge is -2.05. The summed E-state index contributed by atoms with van der Waals surface area (Å²) in [6.07, 6.45) is 7.20. The highest BCUT2D eigenvalue weighted by atomic mass is 16.4. The van der Waals surface area contributed by atoms with Crippen LogP contribution in [0.1, 0.15) is 44.9 Å². The molecule has 0 rings (SSSR count). The van der Waals surface area contributed by atoms with Crippen molar-refractivity contribution in [1.29, 1.82) is 0 Å². The SMILES string of the molecule is NCCCCCCCCC(N)C(=O)O. The van der Waals surface area contributed by atoms with Gasteiger partial charge in [0.15, 0.2) is 0 Å². The normalized spacial score (nSPS) is 12.7. The van der Waals surface area contributed by atoms with Crippen molar-refractivity contribution >= 4 is 5.97 Å². The summed E-state index contributed by atoms with van der Waals surface area (Å²) in [4.78, 5) is 10.4. The number of carbonyl (C=O) groups is 1. The Balaban J connectivity index is 3.09. The lowest BCUT2D eigenvalue weighted by molar-refractivity contribution is -0.138. The largest absolute Gasteiger partial charge is 0.480 e. The Kier molecular flexibility index (Phi) is 8.57. The quantitative estimate of drug-likeness (QED) is 0.488. The van der Waals surface area contributed by atoms with Crippen LogP contribution in [0.5, 0.6) is 0 Å². The van der Waals surface area contributed by atoms with Gasteiger partial charge in [-0.1, -0.05) is 32.1 Å². The summed E-state index contributed by atoms with van der Waals surface area (Å²) in [6.45, 7) is 0.768. The smallest absolute Gasteiger partial charge is 0.320 e. The summed E-state index contributed by atoms with van der Waals surface area (Å²) in [7, 11) is 0. The van der Waals surface area contributed by atoms with Crippen molar-refractivity contribution < 1.29 is 9.90 Å². The molecule has 84 valence electrons. The zero-order valence-corrected chi connectivity index (χ0v) is 8.74. The summed E-state index contributed by atoms with van der Waals surface area (Å²) in [5.74, 6) is -0.895. The first-order valence-corrected chi connectivity index (χ1v) is 5.37. The average molecular weight is 202 g/mol. The number of hydrogen-bond donors (Lipinski definition) is 3. The van der Waals surface area contributed by atoms with Crippen LogP contribution in [0, 0.1) is 0 Å². The van der Waals surface area contributed by atoms with Crippen molar-refractivity contribution in [3.05, 3.63) is 0 Å². The highest BCUT2D eigenvalue weighted by Crippen LogP contribution is 2.07. The topological polar surface area (TPSA) is 89.3 Å². The molecule has 0 aliphatic heterocycles. The Bertz CT molecular complexity index is 151. The molecule has 1 atom stereocenters. The average Bonchev–Trinajstić information content (AvgIpc) is 2.16. The first-order valence-electron chi connectivity index (χ1n) is 5.37. The molecule has 0 spiro atoms. The van der Waals surface area contributed by atoms with Gasteiger partial charge in [0.1, 0.15) is 6.04 Å². The van der Waals surface area contributed by atoms with Crippen LogP contribution in [-0.4, -0.2) is 23.7 Å². The van der Waals surface area contributed by atoms with Crippen LogP contribution < -0.4 is 11.5 Å². The number of unbranched alkanes of at least 4 members (excludes halogenated alkanes) is 5. The maximum Gasteiger partial charge on any atom is 0.320 e. The van der Waals surface area contributed by atoms with E-state index >= 15 is 0 Å². The number of rotatable bonds is 9. The van der Waals surface area contributed by atoms with E-state index in [9.17, 15) is 4.79 Å². The van der Waals surface area contributed by atoms with Crippen LogP contribution in [-0.2, 0) is 4.79 Å². The van der Waals surface area contributed by atoms with Crippen molar-refractivity contribution in [1.82, 2.24) is 0 Å². The van der Waals surface area contributed by atoms with Gasteiger partial charge in [0.2, 0.25) is 0 Å². The number of carboxylic acids is 1. The summed E-state index contributed by atoms with van der Waals surface area (Å²) in [5.41, 5.74) is 10.7. The minimum Gasteiger partial charge on any atom is -0.480 e. The molecule has 0 radical (unpaired) electrons. The minimum absolute atomic E-state index is 0.590. The molecule has 14 heavy (non-hydrogen) atoms. The van der Waals surface area contributed by atoms with Gasteiger partial charge in [-0.25, -0.2) is 0 Å². The third kappa shape index (κ3) is 8.01. The molecule has 4 heteroatoms. The van der Waals surface area contributed by atoms with Crippen molar-refractivity contribution in [2.24, 2.45) is 11.5 Å². The van der Waals surface area contributed by atoms with Gasteiger partial charge >= 0.3 is 5.97 Å². The van der Waals surface area contributed by atoms with E-state index < -0.39 is 12.0 Å². The molecule has 0 fully saturated rings. The molecule has 0 aliphatic rings. The van der Waals surface area contributed by atoms with Crippen molar-refractivity contribution in [2.75, 3.05) is 6.54 Å². The third-order valence-corrected chi connectivity index (χ3v) is 2.29. The Hall–Kier alpha value is -0.610. The molecular formula is C10H22N2O2. The van der Waals surface area contributed by atoms with E-state index in [-0.39, 0.29) is 0 Å². The van der Waals surface area contributed by atoms with Crippen LogP contribution in [0.3, 0.4) is 0 Å². The minimum atomic E-state index is -0.895. The van der Waals surface area contributed by atoms with Gasteiger partial charge in [-0.15, -0.1) is 0 Å². The predicted molar refractivity (Wildman–Crippen MR) is 57.0 cm³/mol. The molecule has 1 unspecified atom stereocenters. The number of carboxylic acid groups (broad SMARTS) is 1. The molecule has 0 heterocycles. The first kappa shape index (κ1) is 13.4. The second-order valence-corrected chi connectivity index (χ2v) is 3.64. The fraction of sp³-hybridized carbons (Fsp3) is 0.900. The summed E-state index contributed by atoms with van der Waals surface area (Å²) in [5, 5.41) is 8.52. The standard InChI is InChI=1S/C10H22N2O2/c11-8-6-4-2-1-3-5-7-9(12)10(13)14/h9H,1-8,11-12H2,(H,13,14). The lowest BCUT2D eigenvalue weighted by Crippen LogP contribution is -2.29. The molecule has 0 saturated carbocycles. The van der Waals surface area contributed by atoms with E-state index in [1.807, 2.05) is 0 Å². The first-order chi connectivity index (χ1) is 6.68. The Morgan fingerprint density at radius 2 is 1.57 bits per heavy atom. The maximum atomic E-state index is 10.4. The molecule has 0 bridgehead atoms. The van der Waals surface area contributed by atoms with E-state index in [0.717, 1.165) is 32.2 Å². The second kappa shape index (κ2) is 8.97. The van der Waals surface area contributed by atoms with E-state index in [1.54, 1.807) is 0 Å². The Morgan fingerprint density at radius 3 is 2.07 bits per heavy atom. The highest BCUT2D eigenvalue weighted by Gasteiger charge is 2.09. The number of hydrogen-bond acceptors (Lipinski definition) is 3. The van der Waals surface area contributed by atoms with E-state index in [2.05, 4.69) is 0 Å². The monoisotopic (exact) mass is 202 g/mol. The van der Waals surface area contributed by atoms with E-state index in [0.29, 0.717) is 6.42 Å². The van der Waals surface area contributed by atoms with Gasteiger partial charge in [-0.3, -0.25) is 4.79 Å². The highest BCUT2D eigenvalue weighted by molar-refractivity contribution is 5.72. The summed E-state index contributed by atoms with van der Waals surface area (Å²) in [6, 6.07) is -0.681. The van der Waals surface area contributed by atoms with Crippen molar-refractivity contribution in [3.63, 3.8) is 0 Å². The molecule has 4 nitrogen and oxygen atoms in total. The third-order valence-electron chi connectivity index (χ3n) is 2.29. The van der Waals surface area contributed by atoms with Gasteiger partial charge < -0.3 is 16.6 Å². The van der Waals surface area contributed by atoms with Gasteiger partial charge in [-0.2, -0.15) is 0 Å². The van der Waals surface area contributed by atoms with Crippen LogP contribution in [0.4, 0.5) is 0 Å². The van der Waals surface area contributed by atoms with Crippen LogP contribution in [0.25, 0.3) is 0 Å². The zero-order valence-electron chi connectivity index (χ0n) is 8.74. The van der Waals surface area contributed by atoms with Crippen LogP contribution >= 0.6 is 0 Å². The molecular weight excluding hydrogens is 180 g/mol. The zero-order chi connectivity index (χ0) is 10.8. The van der Waals surface area contributed by atoms with Gasteiger partial charge in [-0.05, 0) is 19.4 Å². The molecule has 0 aromatic carbocycles. The van der Waals surface area contributed by atoms with Gasteiger partial charge in [0.05, 0.1) is 0 Å². The Morgan fingerprint density at radius 1 is 1.07 bits per heavy atom. The molecule has 0 aliphatic carbocycles. The number of aliphatic carboxylic acids is 1. The van der Waals surface area contributed by atoms with E-state index in [1.165, 1.54) is 12.8 Å².